The summed E-state index contributed by atoms with van der Waals surface area (Å²) in [6.45, 7) is 5.23. The number of Topliss-reactive ketones (excluding diaryl/α,β-unsaturated/α-hetero) is 1. The van der Waals surface area contributed by atoms with Crippen LogP contribution in [0.4, 0.5) is 4.39 Å². The van der Waals surface area contributed by atoms with Gasteiger partial charge in [0.15, 0.2) is 11.6 Å². The number of benzene rings is 1. The lowest BCUT2D eigenvalue weighted by Gasteiger charge is -2.62. The summed E-state index contributed by atoms with van der Waals surface area (Å²) in [6, 6.07) is 4.76. The van der Waals surface area contributed by atoms with Crippen molar-refractivity contribution >= 4 is 16.8 Å². The number of methoxy groups -OCH3 is 1. The Bertz CT molecular complexity index is 1160. The molecule has 2 aromatic rings. The van der Waals surface area contributed by atoms with E-state index in [2.05, 4.69) is 17.2 Å². The van der Waals surface area contributed by atoms with Gasteiger partial charge in [-0.25, -0.2) is 9.07 Å². The number of fused-ring (bicyclic) bond motifs is 6. The van der Waals surface area contributed by atoms with Crippen LogP contribution in [0.2, 0.25) is 0 Å². The van der Waals surface area contributed by atoms with E-state index >= 15 is 0 Å². The molecule has 7 heteroatoms. The van der Waals surface area contributed by atoms with Gasteiger partial charge < -0.3 is 9.84 Å². The fraction of sp³-hybridized carbons (Fsp3) is 0.759. The van der Waals surface area contributed by atoms with Crippen molar-refractivity contribution in [1.29, 1.82) is 0 Å². The predicted molar refractivity (Wildman–Crippen MR) is 135 cm³/mol. The summed E-state index contributed by atoms with van der Waals surface area (Å²) in [6.07, 6.45) is 9.29. The lowest BCUT2D eigenvalue weighted by atomic mass is 9.43. The summed E-state index contributed by atoms with van der Waals surface area (Å²) in [5.41, 5.74) is 0.385. The number of hydrogen-bond acceptors (Lipinski definition) is 5. The number of para-hydroxylation sites is 1. The molecule has 0 aliphatic heterocycles. The molecule has 0 amide bonds. The molecular weight excluding hydrogens is 457 g/mol. The molecule has 8 atom stereocenters. The van der Waals surface area contributed by atoms with Crippen LogP contribution in [0.5, 0.6) is 0 Å². The first-order chi connectivity index (χ1) is 17.2. The number of aromatic nitrogens is 3. The largest absolute Gasteiger partial charge is 0.390 e. The third-order valence-electron chi connectivity index (χ3n) is 11.2. The van der Waals surface area contributed by atoms with Crippen molar-refractivity contribution in [3.8, 4) is 0 Å². The summed E-state index contributed by atoms with van der Waals surface area (Å²) in [5.74, 6) is 2.04. The Morgan fingerprint density at radius 3 is 2.78 bits per heavy atom. The lowest BCUT2D eigenvalue weighted by molar-refractivity contribution is -0.175. The van der Waals surface area contributed by atoms with E-state index in [1.165, 1.54) is 17.2 Å². The minimum Gasteiger partial charge on any atom is -0.390 e. The summed E-state index contributed by atoms with van der Waals surface area (Å²) < 4.78 is 21.8. The van der Waals surface area contributed by atoms with E-state index in [0.29, 0.717) is 34.7 Å². The molecule has 1 aromatic carbocycles. The fourth-order valence-electron chi connectivity index (χ4n) is 9.67. The summed E-state index contributed by atoms with van der Waals surface area (Å²) in [7, 11) is 1.83. The van der Waals surface area contributed by atoms with Gasteiger partial charge in [0.25, 0.3) is 0 Å². The van der Waals surface area contributed by atoms with Crippen molar-refractivity contribution in [1.82, 2.24) is 15.0 Å². The van der Waals surface area contributed by atoms with Gasteiger partial charge in [0, 0.05) is 13.0 Å². The van der Waals surface area contributed by atoms with Crippen LogP contribution in [0, 0.1) is 46.2 Å². The molecule has 4 saturated carbocycles. The van der Waals surface area contributed by atoms with E-state index in [4.69, 9.17) is 4.74 Å². The van der Waals surface area contributed by atoms with Crippen molar-refractivity contribution in [3.63, 3.8) is 0 Å². The van der Waals surface area contributed by atoms with Crippen molar-refractivity contribution in [2.45, 2.75) is 83.8 Å². The van der Waals surface area contributed by atoms with Gasteiger partial charge in [0.05, 0.1) is 12.2 Å². The SMILES string of the molecule is COC[C@]12CC[C@@](C)(O)C[C@H]1CC[C@H]1[C@@H]3CC[C@H](C(=O)Cn4nnc5cccc(F)c54)[C@@]3(C)CC[C@@H]12. The molecule has 6 nitrogen and oxygen atoms in total. The van der Waals surface area contributed by atoms with E-state index in [1.54, 1.807) is 12.1 Å². The maximum Gasteiger partial charge on any atom is 0.157 e. The predicted octanol–water partition coefficient (Wildman–Crippen LogP) is 5.18. The molecule has 4 aliphatic rings. The number of aliphatic hydroxyl groups is 1. The monoisotopic (exact) mass is 497 g/mol. The van der Waals surface area contributed by atoms with Gasteiger partial charge in [0.2, 0.25) is 0 Å². The Morgan fingerprint density at radius 2 is 1.97 bits per heavy atom. The van der Waals surface area contributed by atoms with Crippen molar-refractivity contribution in [2.75, 3.05) is 13.7 Å². The molecule has 0 unspecified atom stereocenters. The Hall–Kier alpha value is -1.86. The third kappa shape index (κ3) is 3.59. The Morgan fingerprint density at radius 1 is 1.14 bits per heavy atom. The van der Waals surface area contributed by atoms with Crippen LogP contribution in [0.3, 0.4) is 0 Å². The second kappa shape index (κ2) is 8.59. The molecule has 0 radical (unpaired) electrons. The first-order valence-corrected chi connectivity index (χ1v) is 13.9. The molecule has 1 aromatic heterocycles. The Balaban J connectivity index is 1.24. The van der Waals surface area contributed by atoms with E-state index in [9.17, 15) is 14.3 Å². The number of hydrogen-bond donors (Lipinski definition) is 1. The number of ether oxygens (including phenoxy) is 1. The summed E-state index contributed by atoms with van der Waals surface area (Å²) >= 11 is 0. The number of rotatable bonds is 5. The molecule has 4 fully saturated rings. The normalized spacial score (nSPS) is 42.1. The lowest BCUT2D eigenvalue weighted by Crippen LogP contribution is -2.58. The van der Waals surface area contributed by atoms with E-state index in [1.807, 2.05) is 14.0 Å². The van der Waals surface area contributed by atoms with Gasteiger partial charge in [0.1, 0.15) is 17.6 Å². The Kier molecular flexibility index (Phi) is 5.84. The molecule has 1 heterocycles. The average molecular weight is 498 g/mol. The quantitative estimate of drug-likeness (QED) is 0.616. The third-order valence-corrected chi connectivity index (χ3v) is 11.2. The fourth-order valence-corrected chi connectivity index (χ4v) is 9.67. The molecule has 36 heavy (non-hydrogen) atoms. The molecule has 0 bridgehead atoms. The van der Waals surface area contributed by atoms with Crippen molar-refractivity contribution in [2.24, 2.45) is 40.4 Å². The number of carbonyl (C=O) groups is 1. The molecule has 196 valence electrons. The van der Waals surface area contributed by atoms with Crippen LogP contribution >= 0.6 is 0 Å². The highest BCUT2D eigenvalue weighted by Crippen LogP contribution is 2.68. The number of nitrogens with zero attached hydrogens (tertiary/aromatic N) is 3. The zero-order valence-electron chi connectivity index (χ0n) is 21.9. The first kappa shape index (κ1) is 24.5. The van der Waals surface area contributed by atoms with Crippen LogP contribution in [-0.2, 0) is 16.1 Å². The molecule has 4 aliphatic carbocycles. The minimum atomic E-state index is -0.562. The van der Waals surface area contributed by atoms with Crippen LogP contribution in [0.15, 0.2) is 18.2 Å². The van der Waals surface area contributed by atoms with Gasteiger partial charge >= 0.3 is 0 Å². The summed E-state index contributed by atoms with van der Waals surface area (Å²) in [4.78, 5) is 13.7. The van der Waals surface area contributed by atoms with Gasteiger partial charge in [-0.3, -0.25) is 4.79 Å². The van der Waals surface area contributed by atoms with E-state index in [0.717, 1.165) is 58.0 Å². The van der Waals surface area contributed by atoms with Crippen LogP contribution < -0.4 is 0 Å². The van der Waals surface area contributed by atoms with Gasteiger partial charge in [-0.05, 0) is 111 Å². The van der Waals surface area contributed by atoms with Crippen LogP contribution in [0.25, 0.3) is 11.0 Å². The van der Waals surface area contributed by atoms with Crippen molar-refractivity contribution in [3.05, 3.63) is 24.0 Å². The molecular formula is C29H40FN3O3. The van der Waals surface area contributed by atoms with E-state index in [-0.39, 0.29) is 34.9 Å². The average Bonchev–Trinajstić information content (AvgIpc) is 3.40. The van der Waals surface area contributed by atoms with Crippen LogP contribution in [-0.4, -0.2) is 45.2 Å². The minimum absolute atomic E-state index is 0.0161. The standard InChI is InChI=1S/C29H40FN3O3/c1-27(35)13-14-29(17-36-3)18(15-27)7-8-19-20-9-10-22(28(20,2)12-11-21(19)29)25(34)16-33-26-23(30)5-4-6-24(26)31-32-33/h4-6,18-22,35H,7-17H2,1-3H3/t18-,19+,20+,21+,22-,27-,28+,29-/m1/s1. The van der Waals surface area contributed by atoms with Crippen LogP contribution in [0.1, 0.15) is 71.6 Å². The second-order valence-corrected chi connectivity index (χ2v) is 13.0. The summed E-state index contributed by atoms with van der Waals surface area (Å²) in [5, 5.41) is 19.0. The zero-order valence-corrected chi connectivity index (χ0v) is 21.9. The highest BCUT2D eigenvalue weighted by Gasteiger charge is 2.63. The van der Waals surface area contributed by atoms with Gasteiger partial charge in [-0.15, -0.1) is 5.10 Å². The second-order valence-electron chi connectivity index (χ2n) is 13.0. The maximum atomic E-state index is 14.5. The smallest absolute Gasteiger partial charge is 0.157 e. The highest BCUT2D eigenvalue weighted by molar-refractivity contribution is 5.84. The zero-order chi connectivity index (χ0) is 25.3. The molecule has 6 rings (SSSR count). The molecule has 1 N–H and O–H groups in total. The van der Waals surface area contributed by atoms with E-state index < -0.39 is 5.60 Å². The van der Waals surface area contributed by atoms with Gasteiger partial charge in [-0.2, -0.15) is 0 Å². The maximum absolute atomic E-state index is 14.5. The number of ketones is 1. The first-order valence-electron chi connectivity index (χ1n) is 13.9. The Labute approximate surface area is 213 Å². The topological polar surface area (TPSA) is 77.2 Å². The molecule has 0 saturated heterocycles. The van der Waals surface area contributed by atoms with Crippen molar-refractivity contribution < 1.29 is 19.0 Å². The highest BCUT2D eigenvalue weighted by atomic mass is 19.1. The van der Waals surface area contributed by atoms with Gasteiger partial charge in [-0.1, -0.05) is 18.2 Å². The number of halogens is 1. The number of carbonyl (C=O) groups excluding carboxylic acids is 1. The molecule has 0 spiro atoms.